The van der Waals surface area contributed by atoms with Crippen LogP contribution in [-0.4, -0.2) is 19.3 Å². The third-order valence-electron chi connectivity index (χ3n) is 3.61. The van der Waals surface area contributed by atoms with Gasteiger partial charge >= 0.3 is 0 Å². The van der Waals surface area contributed by atoms with Gasteiger partial charge in [-0.3, -0.25) is 0 Å². The molecule has 0 aliphatic rings. The third kappa shape index (κ3) is 4.59. The molecule has 2 aromatic carbocycles. The molecule has 1 atom stereocenters. The van der Waals surface area contributed by atoms with Crippen molar-refractivity contribution in [2.75, 3.05) is 5.75 Å². The van der Waals surface area contributed by atoms with Gasteiger partial charge in [0.25, 0.3) is 0 Å². The maximum Gasteiger partial charge on any atom is 0.157 e. The number of halogens is 2. The highest BCUT2D eigenvalue weighted by Crippen LogP contribution is 2.22. The fraction of sp³-hybridized carbons (Fsp3) is 0.294. The van der Waals surface area contributed by atoms with Crippen LogP contribution in [0.2, 0.25) is 0 Å². The Morgan fingerprint density at radius 1 is 1.09 bits per heavy atom. The molecule has 0 radical (unpaired) electrons. The summed E-state index contributed by atoms with van der Waals surface area (Å²) in [6.45, 7) is 3.67. The summed E-state index contributed by atoms with van der Waals surface area (Å²) < 4.78 is 51.0. The molecule has 0 heterocycles. The van der Waals surface area contributed by atoms with Gasteiger partial charge in [0.2, 0.25) is 0 Å². The van der Waals surface area contributed by atoms with Crippen LogP contribution in [-0.2, 0) is 15.6 Å². The minimum atomic E-state index is -3.66. The van der Waals surface area contributed by atoms with Crippen molar-refractivity contribution < 1.29 is 22.3 Å². The van der Waals surface area contributed by atoms with Crippen molar-refractivity contribution in [3.8, 4) is 0 Å². The third-order valence-corrected chi connectivity index (χ3v) is 5.19. The topological polar surface area (TPSA) is 54.4 Å². The van der Waals surface area contributed by atoms with Gasteiger partial charge in [-0.1, -0.05) is 29.8 Å². The zero-order chi connectivity index (χ0) is 17.2. The van der Waals surface area contributed by atoms with Gasteiger partial charge in [0, 0.05) is 11.6 Å². The zero-order valence-electron chi connectivity index (χ0n) is 12.9. The number of sulfone groups is 1. The fourth-order valence-electron chi connectivity index (χ4n) is 2.35. The first-order valence-corrected chi connectivity index (χ1v) is 8.89. The molecule has 0 aromatic heterocycles. The second-order valence-corrected chi connectivity index (χ2v) is 7.78. The number of hydrogen-bond acceptors (Lipinski definition) is 3. The minimum Gasteiger partial charge on any atom is -0.387 e. The zero-order valence-corrected chi connectivity index (χ0v) is 13.7. The Labute approximate surface area is 134 Å². The molecular formula is C17H18F2O3S. The van der Waals surface area contributed by atoms with E-state index in [9.17, 15) is 22.3 Å². The Balaban J connectivity index is 2.19. The normalized spacial score (nSPS) is 13.1. The van der Waals surface area contributed by atoms with Crippen molar-refractivity contribution in [1.82, 2.24) is 0 Å². The first kappa shape index (κ1) is 17.6. The molecule has 0 aliphatic carbocycles. The lowest BCUT2D eigenvalue weighted by Gasteiger charge is -2.14. The van der Waals surface area contributed by atoms with E-state index in [0.29, 0.717) is 11.6 Å². The molecule has 0 bridgehead atoms. The molecular weight excluding hydrogens is 322 g/mol. The lowest BCUT2D eigenvalue weighted by Crippen LogP contribution is -2.18. The summed E-state index contributed by atoms with van der Waals surface area (Å²) in [4.78, 5) is 0. The SMILES string of the molecule is Cc1ccc(C)c(CS(=O)(=O)CC(O)c2ccc(F)cc2F)c1. The van der Waals surface area contributed by atoms with Crippen LogP contribution in [0, 0.1) is 25.5 Å². The summed E-state index contributed by atoms with van der Waals surface area (Å²) >= 11 is 0. The summed E-state index contributed by atoms with van der Waals surface area (Å²) in [7, 11) is -3.66. The van der Waals surface area contributed by atoms with Crippen LogP contribution in [0.1, 0.15) is 28.4 Å². The van der Waals surface area contributed by atoms with E-state index >= 15 is 0 Å². The maximum absolute atomic E-state index is 13.6. The van der Waals surface area contributed by atoms with Gasteiger partial charge in [0.15, 0.2) is 9.84 Å². The summed E-state index contributed by atoms with van der Waals surface area (Å²) in [5.74, 6) is -2.60. The van der Waals surface area contributed by atoms with Crippen molar-refractivity contribution in [1.29, 1.82) is 0 Å². The largest absolute Gasteiger partial charge is 0.387 e. The predicted octanol–water partition coefficient (Wildman–Crippen LogP) is 3.23. The highest BCUT2D eigenvalue weighted by Gasteiger charge is 2.22. The van der Waals surface area contributed by atoms with E-state index in [1.54, 1.807) is 13.0 Å². The molecule has 2 rings (SSSR count). The molecule has 2 aromatic rings. The van der Waals surface area contributed by atoms with E-state index in [2.05, 4.69) is 0 Å². The van der Waals surface area contributed by atoms with Crippen LogP contribution < -0.4 is 0 Å². The maximum atomic E-state index is 13.6. The van der Waals surface area contributed by atoms with Gasteiger partial charge in [-0.15, -0.1) is 0 Å². The quantitative estimate of drug-likeness (QED) is 0.909. The molecule has 0 aliphatic heterocycles. The number of aryl methyl sites for hydroxylation is 2. The van der Waals surface area contributed by atoms with Gasteiger partial charge in [-0.2, -0.15) is 0 Å². The number of rotatable bonds is 5. The molecule has 124 valence electrons. The van der Waals surface area contributed by atoms with Crippen molar-refractivity contribution in [2.45, 2.75) is 25.7 Å². The number of aliphatic hydroxyl groups excluding tert-OH is 1. The van der Waals surface area contributed by atoms with E-state index in [-0.39, 0.29) is 11.3 Å². The van der Waals surface area contributed by atoms with E-state index in [1.807, 2.05) is 19.1 Å². The number of aliphatic hydroxyl groups is 1. The second-order valence-electron chi connectivity index (χ2n) is 5.67. The summed E-state index contributed by atoms with van der Waals surface area (Å²) in [6.07, 6.45) is -1.54. The standard InChI is InChI=1S/C17H18F2O3S/c1-11-3-4-12(2)13(7-11)9-23(21,22)10-17(20)15-6-5-14(18)8-16(15)19/h3-8,17,20H,9-10H2,1-2H3. The van der Waals surface area contributed by atoms with Crippen LogP contribution in [0.3, 0.4) is 0 Å². The van der Waals surface area contributed by atoms with Crippen LogP contribution in [0.4, 0.5) is 8.78 Å². The lowest BCUT2D eigenvalue weighted by atomic mass is 10.1. The van der Waals surface area contributed by atoms with Crippen LogP contribution in [0.25, 0.3) is 0 Å². The molecule has 23 heavy (non-hydrogen) atoms. The molecule has 0 spiro atoms. The average Bonchev–Trinajstić information content (AvgIpc) is 2.41. The van der Waals surface area contributed by atoms with E-state index in [0.717, 1.165) is 23.3 Å². The van der Waals surface area contributed by atoms with Gasteiger partial charge in [-0.25, -0.2) is 17.2 Å². The summed E-state index contributed by atoms with van der Waals surface area (Å²) in [6, 6.07) is 8.15. The molecule has 3 nitrogen and oxygen atoms in total. The Morgan fingerprint density at radius 3 is 2.43 bits per heavy atom. The van der Waals surface area contributed by atoms with Crippen molar-refractivity contribution in [2.24, 2.45) is 0 Å². The van der Waals surface area contributed by atoms with E-state index in [4.69, 9.17) is 0 Å². The molecule has 0 saturated heterocycles. The Hall–Kier alpha value is -1.79. The number of benzene rings is 2. The molecule has 6 heteroatoms. The lowest BCUT2D eigenvalue weighted by molar-refractivity contribution is 0.196. The van der Waals surface area contributed by atoms with Gasteiger partial charge in [0.05, 0.1) is 17.6 Å². The Bertz CT molecular complexity index is 817. The number of hydrogen-bond donors (Lipinski definition) is 1. The first-order chi connectivity index (χ1) is 10.7. The van der Waals surface area contributed by atoms with Crippen LogP contribution >= 0.6 is 0 Å². The smallest absolute Gasteiger partial charge is 0.157 e. The fourth-order valence-corrected chi connectivity index (χ4v) is 3.92. The van der Waals surface area contributed by atoms with Crippen molar-refractivity contribution >= 4 is 9.84 Å². The van der Waals surface area contributed by atoms with Crippen LogP contribution in [0.5, 0.6) is 0 Å². The van der Waals surface area contributed by atoms with Gasteiger partial charge in [-0.05, 0) is 31.0 Å². The highest BCUT2D eigenvalue weighted by atomic mass is 32.2. The average molecular weight is 340 g/mol. The van der Waals surface area contributed by atoms with Gasteiger partial charge < -0.3 is 5.11 Å². The van der Waals surface area contributed by atoms with Gasteiger partial charge in [0.1, 0.15) is 11.6 Å². The first-order valence-electron chi connectivity index (χ1n) is 7.07. The van der Waals surface area contributed by atoms with E-state index in [1.165, 1.54) is 0 Å². The van der Waals surface area contributed by atoms with E-state index < -0.39 is 33.3 Å². The van der Waals surface area contributed by atoms with Crippen molar-refractivity contribution in [3.05, 3.63) is 70.3 Å². The highest BCUT2D eigenvalue weighted by molar-refractivity contribution is 7.90. The second kappa shape index (κ2) is 6.76. The predicted molar refractivity (Wildman–Crippen MR) is 84.7 cm³/mol. The van der Waals surface area contributed by atoms with Crippen LogP contribution in [0.15, 0.2) is 36.4 Å². The molecule has 0 saturated carbocycles. The molecule has 1 unspecified atom stereocenters. The Morgan fingerprint density at radius 2 is 1.78 bits per heavy atom. The molecule has 0 fully saturated rings. The Kier molecular flexibility index (Phi) is 5.16. The molecule has 0 amide bonds. The summed E-state index contributed by atoms with van der Waals surface area (Å²) in [5.41, 5.74) is 2.19. The minimum absolute atomic E-state index is 0.226. The summed E-state index contributed by atoms with van der Waals surface area (Å²) in [5, 5.41) is 9.99. The van der Waals surface area contributed by atoms with Crippen molar-refractivity contribution in [3.63, 3.8) is 0 Å². The monoisotopic (exact) mass is 340 g/mol. The molecule has 1 N–H and O–H groups in total.